The van der Waals surface area contributed by atoms with Gasteiger partial charge in [-0.3, -0.25) is 0 Å². The van der Waals surface area contributed by atoms with Crippen molar-refractivity contribution < 1.29 is 26.3 Å². The van der Waals surface area contributed by atoms with E-state index in [1.807, 2.05) is 0 Å². The van der Waals surface area contributed by atoms with Crippen molar-refractivity contribution >= 4 is 10.0 Å². The van der Waals surface area contributed by atoms with E-state index in [0.29, 0.717) is 13.0 Å². The van der Waals surface area contributed by atoms with E-state index in [4.69, 9.17) is 4.74 Å². The molecule has 0 aromatic rings. The number of halogens is 3. The fraction of sp³-hybridized carbons (Fsp3) is 1.00. The highest BCUT2D eigenvalue weighted by Gasteiger charge is 2.27. The monoisotopic (exact) mass is 332 g/mol. The number of piperidine rings is 1. The fourth-order valence-corrected chi connectivity index (χ4v) is 3.17. The summed E-state index contributed by atoms with van der Waals surface area (Å²) in [5.74, 6) is -0.498. The molecule has 1 rings (SSSR count). The van der Waals surface area contributed by atoms with Crippen LogP contribution in [0.5, 0.6) is 0 Å². The molecule has 21 heavy (non-hydrogen) atoms. The molecule has 0 saturated carbocycles. The third-order valence-corrected chi connectivity index (χ3v) is 4.63. The highest BCUT2D eigenvalue weighted by Crippen LogP contribution is 2.21. The molecule has 126 valence electrons. The fourth-order valence-electron chi connectivity index (χ4n) is 2.05. The van der Waals surface area contributed by atoms with Gasteiger partial charge < -0.3 is 10.1 Å². The average Bonchev–Trinajstić information content (AvgIpc) is 2.37. The molecule has 1 aliphatic rings. The van der Waals surface area contributed by atoms with Gasteiger partial charge in [0.1, 0.15) is 0 Å². The second-order valence-corrected chi connectivity index (χ2v) is 7.03. The topological polar surface area (TPSA) is 67.4 Å². The summed E-state index contributed by atoms with van der Waals surface area (Å²) in [4.78, 5) is 0. The zero-order valence-electron chi connectivity index (χ0n) is 11.9. The van der Waals surface area contributed by atoms with E-state index in [-0.39, 0.29) is 12.6 Å². The third-order valence-electron chi connectivity index (χ3n) is 3.16. The smallest absolute Gasteiger partial charge is 0.378 e. The quantitative estimate of drug-likeness (QED) is 0.627. The van der Waals surface area contributed by atoms with E-state index in [0.717, 1.165) is 25.9 Å². The molecule has 0 radical (unpaired) electrons. The van der Waals surface area contributed by atoms with Crippen molar-refractivity contribution in [2.24, 2.45) is 0 Å². The Balaban J connectivity index is 2.04. The van der Waals surface area contributed by atoms with Gasteiger partial charge in [-0.05, 0) is 38.8 Å². The average molecular weight is 332 g/mol. The van der Waals surface area contributed by atoms with Crippen molar-refractivity contribution in [3.63, 3.8) is 0 Å². The van der Waals surface area contributed by atoms with E-state index >= 15 is 0 Å². The number of hydrogen-bond acceptors (Lipinski definition) is 4. The van der Waals surface area contributed by atoms with E-state index in [9.17, 15) is 21.6 Å². The number of ether oxygens (including phenoxy) is 1. The van der Waals surface area contributed by atoms with Gasteiger partial charge in [-0.15, -0.1) is 0 Å². The van der Waals surface area contributed by atoms with Crippen molar-refractivity contribution in [3.05, 3.63) is 0 Å². The van der Waals surface area contributed by atoms with Crippen LogP contribution < -0.4 is 10.0 Å². The van der Waals surface area contributed by atoms with Gasteiger partial charge in [0.25, 0.3) is 0 Å². The van der Waals surface area contributed by atoms with Crippen LogP contribution in [0.15, 0.2) is 0 Å². The van der Waals surface area contributed by atoms with Crippen LogP contribution in [0.25, 0.3) is 0 Å². The van der Waals surface area contributed by atoms with Gasteiger partial charge in [0.05, 0.1) is 11.9 Å². The lowest BCUT2D eigenvalue weighted by Crippen LogP contribution is -2.33. The van der Waals surface area contributed by atoms with Crippen molar-refractivity contribution in [2.45, 2.75) is 44.4 Å². The standard InChI is InChI=1S/C12H23F3N2O3S/c13-12(14,15)5-1-10-21(18,19)17-6-2-9-20-11-3-7-16-8-4-11/h11,16-17H,1-10H2. The second kappa shape index (κ2) is 8.92. The third kappa shape index (κ3) is 10.0. The molecule has 1 aliphatic heterocycles. The maximum absolute atomic E-state index is 11.9. The minimum absolute atomic E-state index is 0.194. The Kier molecular flexibility index (Phi) is 7.93. The van der Waals surface area contributed by atoms with Crippen molar-refractivity contribution in [1.82, 2.24) is 10.0 Å². The summed E-state index contributed by atoms with van der Waals surface area (Å²) in [5, 5.41) is 3.21. The van der Waals surface area contributed by atoms with E-state index in [1.165, 1.54) is 0 Å². The molecule has 5 nitrogen and oxygen atoms in total. The summed E-state index contributed by atoms with van der Waals surface area (Å²) in [5.41, 5.74) is 0. The van der Waals surface area contributed by atoms with Crippen molar-refractivity contribution in [3.8, 4) is 0 Å². The molecule has 0 bridgehead atoms. The number of rotatable bonds is 9. The first kappa shape index (κ1) is 18.7. The molecule has 0 aromatic heterocycles. The predicted octanol–water partition coefficient (Wildman–Crippen LogP) is 1.41. The highest BCUT2D eigenvalue weighted by molar-refractivity contribution is 7.89. The van der Waals surface area contributed by atoms with Gasteiger partial charge in [0.2, 0.25) is 10.0 Å². The number of nitrogens with one attached hydrogen (secondary N) is 2. The molecular formula is C12H23F3N2O3S. The molecule has 9 heteroatoms. The zero-order chi connectivity index (χ0) is 15.8. The van der Waals surface area contributed by atoms with E-state index in [2.05, 4.69) is 10.0 Å². The zero-order valence-corrected chi connectivity index (χ0v) is 12.7. The first-order valence-corrected chi connectivity index (χ1v) is 8.80. The highest BCUT2D eigenvalue weighted by atomic mass is 32.2. The Bertz CT molecular complexity index is 382. The van der Waals surface area contributed by atoms with Crippen LogP contribution in [0.4, 0.5) is 13.2 Å². The Labute approximate surface area is 123 Å². The molecule has 0 aromatic carbocycles. The minimum Gasteiger partial charge on any atom is -0.378 e. The molecule has 0 aliphatic carbocycles. The Morgan fingerprint density at radius 2 is 1.86 bits per heavy atom. The molecule has 0 unspecified atom stereocenters. The normalized spacial score (nSPS) is 18.0. The lowest BCUT2D eigenvalue weighted by molar-refractivity contribution is -0.134. The van der Waals surface area contributed by atoms with Gasteiger partial charge >= 0.3 is 6.18 Å². The van der Waals surface area contributed by atoms with Gasteiger partial charge in [0, 0.05) is 19.6 Å². The Hall–Kier alpha value is -0.380. The van der Waals surface area contributed by atoms with Crippen molar-refractivity contribution in [2.75, 3.05) is 32.0 Å². The summed E-state index contributed by atoms with van der Waals surface area (Å²) in [7, 11) is -3.62. The summed E-state index contributed by atoms with van der Waals surface area (Å²) in [6, 6.07) is 0. The van der Waals surface area contributed by atoms with Crippen LogP contribution in [0.1, 0.15) is 32.1 Å². The van der Waals surface area contributed by atoms with Crippen LogP contribution in [0.2, 0.25) is 0 Å². The lowest BCUT2D eigenvalue weighted by Gasteiger charge is -2.22. The molecule has 1 saturated heterocycles. The number of sulfonamides is 1. The predicted molar refractivity (Wildman–Crippen MR) is 73.5 cm³/mol. The molecule has 2 N–H and O–H groups in total. The second-order valence-electron chi connectivity index (χ2n) is 5.11. The Morgan fingerprint density at radius 1 is 1.19 bits per heavy atom. The van der Waals surface area contributed by atoms with Gasteiger partial charge in [-0.25, -0.2) is 13.1 Å². The van der Waals surface area contributed by atoms with Gasteiger partial charge in [-0.2, -0.15) is 13.2 Å². The first-order chi connectivity index (χ1) is 9.79. The lowest BCUT2D eigenvalue weighted by atomic mass is 10.1. The van der Waals surface area contributed by atoms with Gasteiger partial charge in [0.15, 0.2) is 0 Å². The first-order valence-electron chi connectivity index (χ1n) is 7.15. The molecular weight excluding hydrogens is 309 g/mol. The molecule has 0 atom stereocenters. The number of alkyl halides is 3. The molecule has 0 amide bonds. The maximum Gasteiger partial charge on any atom is 0.389 e. The summed E-state index contributed by atoms with van der Waals surface area (Å²) in [6.45, 7) is 2.50. The van der Waals surface area contributed by atoms with Crippen LogP contribution in [0.3, 0.4) is 0 Å². The van der Waals surface area contributed by atoms with Crippen LogP contribution in [0, 0.1) is 0 Å². The van der Waals surface area contributed by atoms with Crippen LogP contribution >= 0.6 is 0 Å². The van der Waals surface area contributed by atoms with E-state index < -0.39 is 34.8 Å². The summed E-state index contributed by atoms with van der Waals surface area (Å²) < 4.78 is 66.6. The van der Waals surface area contributed by atoms with Gasteiger partial charge in [-0.1, -0.05) is 0 Å². The molecule has 1 heterocycles. The van der Waals surface area contributed by atoms with E-state index in [1.54, 1.807) is 0 Å². The summed E-state index contributed by atoms with van der Waals surface area (Å²) >= 11 is 0. The SMILES string of the molecule is O=S(=O)(CCCC(F)(F)F)NCCCOC1CCNCC1. The minimum atomic E-state index is -4.31. The summed E-state index contributed by atoms with van der Waals surface area (Å²) in [6.07, 6.45) is -3.17. The molecule has 1 fully saturated rings. The van der Waals surface area contributed by atoms with Crippen LogP contribution in [-0.2, 0) is 14.8 Å². The number of hydrogen-bond donors (Lipinski definition) is 2. The maximum atomic E-state index is 11.9. The van der Waals surface area contributed by atoms with Crippen LogP contribution in [-0.4, -0.2) is 52.7 Å². The molecule has 0 spiro atoms. The Morgan fingerprint density at radius 3 is 2.48 bits per heavy atom. The van der Waals surface area contributed by atoms with Crippen molar-refractivity contribution in [1.29, 1.82) is 0 Å². The largest absolute Gasteiger partial charge is 0.389 e.